The molecule has 1 aromatic rings. The molecule has 0 bridgehead atoms. The fourth-order valence-corrected chi connectivity index (χ4v) is 1.09. The third kappa shape index (κ3) is 4.82. The van der Waals surface area contributed by atoms with E-state index in [4.69, 9.17) is 10.5 Å². The zero-order valence-electron chi connectivity index (χ0n) is 10.5. The Kier molecular flexibility index (Phi) is 4.25. The summed E-state index contributed by atoms with van der Waals surface area (Å²) in [5.41, 5.74) is 7.67. The Bertz CT molecular complexity index is 449. The quantitative estimate of drug-likeness (QED) is 0.480. The first-order valence-corrected chi connectivity index (χ1v) is 5.36. The van der Waals surface area contributed by atoms with Crippen molar-refractivity contribution in [3.8, 4) is 0 Å². The zero-order chi connectivity index (χ0) is 13.8. The van der Waals surface area contributed by atoms with Crippen LogP contribution in [0.25, 0.3) is 0 Å². The van der Waals surface area contributed by atoms with Crippen LogP contribution in [0, 0.1) is 5.82 Å². The highest BCUT2D eigenvalue weighted by atomic mass is 19.1. The molecule has 0 saturated carbocycles. The van der Waals surface area contributed by atoms with Crippen molar-refractivity contribution in [2.24, 2.45) is 10.8 Å². The van der Waals surface area contributed by atoms with E-state index >= 15 is 0 Å². The molecule has 1 aromatic carbocycles. The minimum Gasteiger partial charge on any atom is -0.443 e. The molecule has 18 heavy (non-hydrogen) atoms. The van der Waals surface area contributed by atoms with Crippen molar-refractivity contribution < 1.29 is 13.9 Å². The molecule has 6 heteroatoms. The van der Waals surface area contributed by atoms with Gasteiger partial charge in [-0.15, -0.1) is 0 Å². The van der Waals surface area contributed by atoms with E-state index in [2.05, 4.69) is 10.5 Å². The van der Waals surface area contributed by atoms with Gasteiger partial charge in [0.1, 0.15) is 11.4 Å². The van der Waals surface area contributed by atoms with E-state index in [1.54, 1.807) is 20.8 Å². The Balaban J connectivity index is 2.62. The van der Waals surface area contributed by atoms with E-state index in [0.29, 0.717) is 5.56 Å². The predicted octanol–water partition coefficient (Wildman–Crippen LogP) is 1.97. The highest BCUT2D eigenvalue weighted by Crippen LogP contribution is 2.06. The van der Waals surface area contributed by atoms with E-state index in [-0.39, 0.29) is 11.7 Å². The first-order valence-electron chi connectivity index (χ1n) is 5.36. The van der Waals surface area contributed by atoms with Crippen LogP contribution in [0.5, 0.6) is 0 Å². The molecule has 0 fully saturated rings. The summed E-state index contributed by atoms with van der Waals surface area (Å²) < 4.78 is 17.6. The van der Waals surface area contributed by atoms with Gasteiger partial charge in [-0.2, -0.15) is 5.10 Å². The first kappa shape index (κ1) is 14.0. The van der Waals surface area contributed by atoms with Crippen molar-refractivity contribution in [2.45, 2.75) is 26.4 Å². The molecule has 98 valence electrons. The third-order valence-corrected chi connectivity index (χ3v) is 1.81. The summed E-state index contributed by atoms with van der Waals surface area (Å²) in [5.74, 6) is -0.299. The van der Waals surface area contributed by atoms with Crippen LogP contribution in [0.1, 0.15) is 26.3 Å². The molecular formula is C12H16FN3O2. The summed E-state index contributed by atoms with van der Waals surface area (Å²) >= 11 is 0. The Morgan fingerprint density at radius 3 is 2.39 bits per heavy atom. The molecule has 1 amide bonds. The van der Waals surface area contributed by atoms with Crippen LogP contribution in [0.3, 0.4) is 0 Å². The van der Waals surface area contributed by atoms with E-state index in [1.807, 2.05) is 0 Å². The van der Waals surface area contributed by atoms with Gasteiger partial charge in [0.15, 0.2) is 5.84 Å². The van der Waals surface area contributed by atoms with Crippen LogP contribution in [0.2, 0.25) is 0 Å². The van der Waals surface area contributed by atoms with Gasteiger partial charge < -0.3 is 10.5 Å². The summed E-state index contributed by atoms with van der Waals surface area (Å²) in [6, 6.07) is 5.44. The molecule has 0 aliphatic rings. The Morgan fingerprint density at radius 2 is 1.89 bits per heavy atom. The van der Waals surface area contributed by atoms with Gasteiger partial charge in [0.2, 0.25) is 0 Å². The maximum absolute atomic E-state index is 12.7. The van der Waals surface area contributed by atoms with Crippen molar-refractivity contribution in [3.63, 3.8) is 0 Å². The standard InChI is InChI=1S/C12H16FN3O2/c1-12(2,3)18-11(17)16-15-10(14)8-4-6-9(13)7-5-8/h4-7H,1-3H3,(H2,14,15)(H,16,17). The van der Waals surface area contributed by atoms with E-state index in [9.17, 15) is 9.18 Å². The molecule has 5 nitrogen and oxygen atoms in total. The lowest BCUT2D eigenvalue weighted by Gasteiger charge is -2.18. The lowest BCUT2D eigenvalue weighted by atomic mass is 10.2. The molecule has 3 N–H and O–H groups in total. The summed E-state index contributed by atoms with van der Waals surface area (Å²) in [7, 11) is 0. The zero-order valence-corrected chi connectivity index (χ0v) is 10.5. The second-order valence-corrected chi connectivity index (χ2v) is 4.62. The molecule has 0 spiro atoms. The van der Waals surface area contributed by atoms with Crippen molar-refractivity contribution in [3.05, 3.63) is 35.6 Å². The summed E-state index contributed by atoms with van der Waals surface area (Å²) in [6.45, 7) is 5.21. The number of benzene rings is 1. The average molecular weight is 253 g/mol. The number of ether oxygens (including phenoxy) is 1. The number of halogens is 1. The van der Waals surface area contributed by atoms with Gasteiger partial charge in [0.25, 0.3) is 0 Å². The van der Waals surface area contributed by atoms with Crippen molar-refractivity contribution in [2.75, 3.05) is 0 Å². The molecule has 0 radical (unpaired) electrons. The number of hydrogen-bond acceptors (Lipinski definition) is 3. The monoisotopic (exact) mass is 253 g/mol. The molecule has 0 aliphatic carbocycles. The van der Waals surface area contributed by atoms with Crippen LogP contribution in [0.15, 0.2) is 29.4 Å². The molecule has 0 saturated heterocycles. The fraction of sp³-hybridized carbons (Fsp3) is 0.333. The highest BCUT2D eigenvalue weighted by molar-refractivity contribution is 5.97. The molecule has 0 unspecified atom stereocenters. The number of nitrogens with zero attached hydrogens (tertiary/aromatic N) is 1. The topological polar surface area (TPSA) is 76.7 Å². The molecule has 1 rings (SSSR count). The summed E-state index contributed by atoms with van der Waals surface area (Å²) in [5, 5.41) is 3.66. The van der Waals surface area contributed by atoms with E-state index < -0.39 is 11.7 Å². The molecule has 0 heterocycles. The fourth-order valence-electron chi connectivity index (χ4n) is 1.09. The van der Waals surface area contributed by atoms with Crippen molar-refractivity contribution in [1.29, 1.82) is 0 Å². The SMILES string of the molecule is CC(C)(C)OC(=O)N/N=C(\N)c1ccc(F)cc1. The van der Waals surface area contributed by atoms with Crippen LogP contribution < -0.4 is 11.2 Å². The number of nitrogens with one attached hydrogen (secondary N) is 1. The van der Waals surface area contributed by atoms with Gasteiger partial charge in [0, 0.05) is 5.56 Å². The van der Waals surface area contributed by atoms with Crippen molar-refractivity contribution >= 4 is 11.9 Å². The minimum atomic E-state index is -0.701. The number of rotatable bonds is 2. The van der Waals surface area contributed by atoms with Crippen LogP contribution in [-0.4, -0.2) is 17.5 Å². The van der Waals surface area contributed by atoms with Crippen LogP contribution >= 0.6 is 0 Å². The summed E-state index contributed by atoms with van der Waals surface area (Å²) in [4.78, 5) is 11.3. The van der Waals surface area contributed by atoms with Gasteiger partial charge in [0.05, 0.1) is 0 Å². The number of amidine groups is 1. The van der Waals surface area contributed by atoms with Gasteiger partial charge in [-0.25, -0.2) is 14.6 Å². The molecule has 0 atom stereocenters. The maximum Gasteiger partial charge on any atom is 0.428 e. The molecule has 0 aromatic heterocycles. The number of carbonyl (C=O) groups excluding carboxylic acids is 1. The number of hydrazone groups is 1. The number of carbonyl (C=O) groups is 1. The normalized spacial score (nSPS) is 12.1. The Labute approximate surface area is 105 Å². The minimum absolute atomic E-state index is 0.0702. The third-order valence-electron chi connectivity index (χ3n) is 1.81. The second-order valence-electron chi connectivity index (χ2n) is 4.62. The lowest BCUT2D eigenvalue weighted by Crippen LogP contribution is -2.31. The van der Waals surface area contributed by atoms with Crippen LogP contribution in [-0.2, 0) is 4.74 Å². The maximum atomic E-state index is 12.7. The molecular weight excluding hydrogens is 237 g/mol. The van der Waals surface area contributed by atoms with Gasteiger partial charge in [-0.05, 0) is 45.0 Å². The highest BCUT2D eigenvalue weighted by Gasteiger charge is 2.15. The van der Waals surface area contributed by atoms with E-state index in [0.717, 1.165) is 0 Å². The smallest absolute Gasteiger partial charge is 0.428 e. The van der Waals surface area contributed by atoms with Gasteiger partial charge in [-0.3, -0.25) is 0 Å². The lowest BCUT2D eigenvalue weighted by molar-refractivity contribution is 0.0529. The number of hydrogen-bond donors (Lipinski definition) is 2. The van der Waals surface area contributed by atoms with Crippen LogP contribution in [0.4, 0.5) is 9.18 Å². The second kappa shape index (κ2) is 5.48. The van der Waals surface area contributed by atoms with E-state index in [1.165, 1.54) is 24.3 Å². The van der Waals surface area contributed by atoms with Gasteiger partial charge >= 0.3 is 6.09 Å². The average Bonchev–Trinajstić information content (AvgIpc) is 2.24. The Morgan fingerprint density at radius 1 is 1.33 bits per heavy atom. The number of nitrogens with two attached hydrogens (primary N) is 1. The van der Waals surface area contributed by atoms with Crippen molar-refractivity contribution in [1.82, 2.24) is 5.43 Å². The largest absolute Gasteiger partial charge is 0.443 e. The first-order chi connectivity index (χ1) is 8.28. The number of amides is 1. The Hall–Kier alpha value is -2.11. The predicted molar refractivity (Wildman–Crippen MR) is 66.5 cm³/mol. The molecule has 0 aliphatic heterocycles. The van der Waals surface area contributed by atoms with Gasteiger partial charge in [-0.1, -0.05) is 0 Å². The summed E-state index contributed by atoms with van der Waals surface area (Å²) in [6.07, 6.45) is -0.701.